The summed E-state index contributed by atoms with van der Waals surface area (Å²) in [7, 11) is 0. The highest BCUT2D eigenvalue weighted by Gasteiger charge is 2.29. The van der Waals surface area contributed by atoms with Crippen molar-refractivity contribution in [2.75, 3.05) is 11.9 Å². The monoisotopic (exact) mass is 334 g/mol. The van der Waals surface area contributed by atoms with Crippen molar-refractivity contribution in [3.8, 4) is 11.5 Å². The molecule has 2 atom stereocenters. The molecule has 1 aromatic carbocycles. The average molecular weight is 335 g/mol. The van der Waals surface area contributed by atoms with Gasteiger partial charge in [-0.25, -0.2) is 0 Å². The molecule has 0 radical (unpaired) electrons. The van der Waals surface area contributed by atoms with Crippen LogP contribution >= 0.6 is 11.6 Å². The Kier molecular flexibility index (Phi) is 4.52. The number of anilines is 1. The van der Waals surface area contributed by atoms with Gasteiger partial charge < -0.3 is 14.6 Å². The molecular weight excluding hydrogens is 316 g/mol. The maximum absolute atomic E-state index is 12.4. The number of aromatic nitrogens is 2. The molecule has 0 spiro atoms. The predicted octanol–water partition coefficient (Wildman–Crippen LogP) is 3.20. The molecule has 0 saturated carbocycles. The minimum absolute atomic E-state index is 0.0567. The first-order valence-corrected chi connectivity index (χ1v) is 8.09. The molecule has 2 heterocycles. The van der Waals surface area contributed by atoms with Gasteiger partial charge in [-0.1, -0.05) is 16.7 Å². The number of nitrogens with one attached hydrogen (secondary N) is 1. The van der Waals surface area contributed by atoms with Gasteiger partial charge in [0.05, 0.1) is 0 Å². The van der Waals surface area contributed by atoms with E-state index in [4.69, 9.17) is 16.0 Å². The second-order valence-electron chi connectivity index (χ2n) is 5.81. The standard InChI is InChI=1S/C16H19ClN4O2/c1-10-4-3-9-21(10)15(22)11(2)18-16-20-19-14(23-16)12-5-7-13(17)8-6-12/h5-8,10-11H,3-4,9H2,1-2H3,(H,18,20)/t10?,11-/m1/s1. The summed E-state index contributed by atoms with van der Waals surface area (Å²) in [6, 6.07) is 7.25. The van der Waals surface area contributed by atoms with Crippen LogP contribution in [0.25, 0.3) is 11.5 Å². The van der Waals surface area contributed by atoms with Crippen molar-refractivity contribution in [2.45, 2.75) is 38.8 Å². The highest BCUT2D eigenvalue weighted by molar-refractivity contribution is 6.30. The van der Waals surface area contributed by atoms with Gasteiger partial charge in [-0.05, 0) is 51.0 Å². The normalized spacial score (nSPS) is 18.9. The van der Waals surface area contributed by atoms with E-state index >= 15 is 0 Å². The van der Waals surface area contributed by atoms with E-state index in [1.165, 1.54) is 0 Å². The lowest BCUT2D eigenvalue weighted by atomic mass is 10.2. The van der Waals surface area contributed by atoms with Crippen molar-refractivity contribution >= 4 is 23.5 Å². The van der Waals surface area contributed by atoms with Crippen molar-refractivity contribution in [1.29, 1.82) is 0 Å². The van der Waals surface area contributed by atoms with Gasteiger partial charge in [-0.3, -0.25) is 4.79 Å². The van der Waals surface area contributed by atoms with Crippen molar-refractivity contribution in [1.82, 2.24) is 15.1 Å². The lowest BCUT2D eigenvalue weighted by Crippen LogP contribution is -2.43. The van der Waals surface area contributed by atoms with Gasteiger partial charge in [0.2, 0.25) is 11.8 Å². The number of benzene rings is 1. The number of carbonyl (C=O) groups is 1. The van der Waals surface area contributed by atoms with E-state index in [0.29, 0.717) is 17.0 Å². The van der Waals surface area contributed by atoms with Gasteiger partial charge in [-0.15, -0.1) is 5.10 Å². The Labute approximate surface area is 139 Å². The molecule has 3 rings (SSSR count). The van der Waals surface area contributed by atoms with E-state index in [1.807, 2.05) is 4.90 Å². The summed E-state index contributed by atoms with van der Waals surface area (Å²) in [5.41, 5.74) is 0.780. The Morgan fingerprint density at radius 3 is 2.78 bits per heavy atom. The molecule has 122 valence electrons. The summed E-state index contributed by atoms with van der Waals surface area (Å²) in [6.45, 7) is 4.69. The van der Waals surface area contributed by atoms with Crippen LogP contribution in [-0.4, -0.2) is 39.6 Å². The Morgan fingerprint density at radius 2 is 2.13 bits per heavy atom. The third kappa shape index (κ3) is 3.47. The van der Waals surface area contributed by atoms with E-state index < -0.39 is 6.04 Å². The smallest absolute Gasteiger partial charge is 0.316 e. The summed E-state index contributed by atoms with van der Waals surface area (Å²) in [5, 5.41) is 11.6. The van der Waals surface area contributed by atoms with Gasteiger partial charge in [0, 0.05) is 23.2 Å². The highest BCUT2D eigenvalue weighted by atomic mass is 35.5. The van der Waals surface area contributed by atoms with Crippen LogP contribution in [0.4, 0.5) is 6.01 Å². The molecule has 0 aliphatic carbocycles. The fourth-order valence-electron chi connectivity index (χ4n) is 2.75. The maximum atomic E-state index is 12.4. The number of likely N-dealkylation sites (tertiary alicyclic amines) is 1. The van der Waals surface area contributed by atoms with E-state index in [-0.39, 0.29) is 11.9 Å². The third-order valence-electron chi connectivity index (χ3n) is 4.06. The number of nitrogens with zero attached hydrogens (tertiary/aromatic N) is 3. The number of carbonyl (C=O) groups excluding carboxylic acids is 1. The molecular formula is C16H19ClN4O2. The van der Waals surface area contributed by atoms with E-state index in [1.54, 1.807) is 31.2 Å². The van der Waals surface area contributed by atoms with E-state index in [0.717, 1.165) is 24.9 Å². The lowest BCUT2D eigenvalue weighted by molar-refractivity contribution is -0.132. The number of halogens is 1. The summed E-state index contributed by atoms with van der Waals surface area (Å²) in [6.07, 6.45) is 2.11. The molecule has 1 amide bonds. The Bertz CT molecular complexity index is 686. The molecule has 0 bridgehead atoms. The lowest BCUT2D eigenvalue weighted by Gasteiger charge is -2.24. The molecule has 6 nitrogen and oxygen atoms in total. The van der Waals surface area contributed by atoms with Crippen molar-refractivity contribution in [3.05, 3.63) is 29.3 Å². The van der Waals surface area contributed by atoms with Crippen molar-refractivity contribution in [2.24, 2.45) is 0 Å². The predicted molar refractivity (Wildman–Crippen MR) is 88.2 cm³/mol. The molecule has 1 aliphatic rings. The second-order valence-corrected chi connectivity index (χ2v) is 6.24. The number of hydrogen-bond acceptors (Lipinski definition) is 5. The number of rotatable bonds is 4. The van der Waals surface area contributed by atoms with Crippen molar-refractivity contribution < 1.29 is 9.21 Å². The Hall–Kier alpha value is -2.08. The van der Waals surface area contributed by atoms with E-state index in [2.05, 4.69) is 22.4 Å². The molecule has 2 aromatic rings. The zero-order chi connectivity index (χ0) is 16.4. The largest absolute Gasteiger partial charge is 0.403 e. The fraction of sp³-hybridized carbons (Fsp3) is 0.438. The Balaban J connectivity index is 1.66. The van der Waals surface area contributed by atoms with Gasteiger partial charge >= 0.3 is 6.01 Å². The minimum Gasteiger partial charge on any atom is -0.403 e. The van der Waals surface area contributed by atoms with Crippen LogP contribution in [0, 0.1) is 0 Å². The number of amides is 1. The van der Waals surface area contributed by atoms with Crippen LogP contribution in [0.2, 0.25) is 5.02 Å². The quantitative estimate of drug-likeness (QED) is 0.929. The molecule has 1 saturated heterocycles. The third-order valence-corrected chi connectivity index (χ3v) is 4.31. The van der Waals surface area contributed by atoms with Crippen molar-refractivity contribution in [3.63, 3.8) is 0 Å². The fourth-order valence-corrected chi connectivity index (χ4v) is 2.87. The first kappa shape index (κ1) is 15.8. The van der Waals surface area contributed by atoms with Crippen LogP contribution < -0.4 is 5.32 Å². The van der Waals surface area contributed by atoms with Gasteiger partial charge in [0.1, 0.15) is 6.04 Å². The first-order chi connectivity index (χ1) is 11.0. The topological polar surface area (TPSA) is 71.3 Å². The first-order valence-electron chi connectivity index (χ1n) is 7.71. The second kappa shape index (κ2) is 6.58. The molecule has 1 N–H and O–H groups in total. The van der Waals surface area contributed by atoms with Crippen LogP contribution in [-0.2, 0) is 4.79 Å². The zero-order valence-electron chi connectivity index (χ0n) is 13.1. The molecule has 1 aromatic heterocycles. The zero-order valence-corrected chi connectivity index (χ0v) is 13.9. The van der Waals surface area contributed by atoms with Gasteiger partial charge in [0.25, 0.3) is 0 Å². The van der Waals surface area contributed by atoms with Gasteiger partial charge in [-0.2, -0.15) is 0 Å². The SMILES string of the molecule is CC1CCCN1C(=O)[C@@H](C)Nc1nnc(-c2ccc(Cl)cc2)o1. The molecule has 1 aliphatic heterocycles. The summed E-state index contributed by atoms with van der Waals surface area (Å²) >= 11 is 5.86. The van der Waals surface area contributed by atoms with Gasteiger partial charge in [0.15, 0.2) is 0 Å². The summed E-state index contributed by atoms with van der Waals surface area (Å²) in [5.74, 6) is 0.444. The highest BCUT2D eigenvalue weighted by Crippen LogP contribution is 2.23. The van der Waals surface area contributed by atoms with Crippen LogP contribution in [0.15, 0.2) is 28.7 Å². The van der Waals surface area contributed by atoms with Crippen LogP contribution in [0.5, 0.6) is 0 Å². The number of hydrogen-bond donors (Lipinski definition) is 1. The maximum Gasteiger partial charge on any atom is 0.316 e. The van der Waals surface area contributed by atoms with Crippen LogP contribution in [0.3, 0.4) is 0 Å². The minimum atomic E-state index is -0.408. The summed E-state index contributed by atoms with van der Waals surface area (Å²) in [4.78, 5) is 14.3. The molecule has 23 heavy (non-hydrogen) atoms. The van der Waals surface area contributed by atoms with Crippen LogP contribution in [0.1, 0.15) is 26.7 Å². The summed E-state index contributed by atoms with van der Waals surface area (Å²) < 4.78 is 5.57. The molecule has 1 unspecified atom stereocenters. The average Bonchev–Trinajstić information content (AvgIpc) is 3.16. The Morgan fingerprint density at radius 1 is 1.39 bits per heavy atom. The molecule has 1 fully saturated rings. The molecule has 7 heteroatoms. The van der Waals surface area contributed by atoms with E-state index in [9.17, 15) is 4.79 Å².